The van der Waals surface area contributed by atoms with Crippen molar-refractivity contribution in [2.45, 2.75) is 39.8 Å². The van der Waals surface area contributed by atoms with Gasteiger partial charge in [-0.05, 0) is 50.5 Å². The Morgan fingerprint density at radius 3 is 2.84 bits per heavy atom. The van der Waals surface area contributed by atoms with E-state index in [4.69, 9.17) is 0 Å². The summed E-state index contributed by atoms with van der Waals surface area (Å²) in [6, 6.07) is 5.31. The number of hydrogen-bond acceptors (Lipinski definition) is 2. The fourth-order valence-corrected chi connectivity index (χ4v) is 2.07. The number of halogens is 1. The normalized spacial score (nSPS) is 11.0. The molecule has 0 spiro atoms. The van der Waals surface area contributed by atoms with Crippen LogP contribution in [0.2, 0.25) is 0 Å². The molecule has 2 aromatic rings. The summed E-state index contributed by atoms with van der Waals surface area (Å²) in [5.74, 6) is 0.709. The fraction of sp³-hybridized carbons (Fsp3) is 0.400. The van der Waals surface area contributed by atoms with E-state index in [1.165, 1.54) is 11.6 Å². The van der Waals surface area contributed by atoms with Gasteiger partial charge in [-0.25, -0.2) is 9.37 Å². The minimum atomic E-state index is -0.175. The zero-order chi connectivity index (χ0) is 13.8. The van der Waals surface area contributed by atoms with Crippen LogP contribution in [0.25, 0.3) is 0 Å². The van der Waals surface area contributed by atoms with Crippen LogP contribution in [-0.4, -0.2) is 15.6 Å². The lowest BCUT2D eigenvalue weighted by Crippen LogP contribution is -2.15. The summed E-state index contributed by atoms with van der Waals surface area (Å²) in [6.07, 6.45) is 4.63. The highest BCUT2D eigenvalue weighted by Crippen LogP contribution is 2.13. The van der Waals surface area contributed by atoms with Crippen molar-refractivity contribution in [3.63, 3.8) is 0 Å². The van der Waals surface area contributed by atoms with Gasteiger partial charge in [-0.2, -0.15) is 0 Å². The predicted octanol–water partition coefficient (Wildman–Crippen LogP) is 3.39. The Labute approximate surface area is 113 Å². The highest BCUT2D eigenvalue weighted by molar-refractivity contribution is 5.29. The van der Waals surface area contributed by atoms with Gasteiger partial charge in [0, 0.05) is 25.0 Å². The highest BCUT2D eigenvalue weighted by Gasteiger charge is 2.05. The molecule has 1 aromatic heterocycles. The molecule has 0 saturated heterocycles. The lowest BCUT2D eigenvalue weighted by atomic mass is 10.1. The summed E-state index contributed by atoms with van der Waals surface area (Å²) >= 11 is 0. The molecular formula is C15H20FN3. The van der Waals surface area contributed by atoms with Gasteiger partial charge < -0.3 is 9.88 Å². The topological polar surface area (TPSA) is 29.9 Å². The van der Waals surface area contributed by atoms with Crippen molar-refractivity contribution < 1.29 is 4.39 Å². The third-order valence-corrected chi connectivity index (χ3v) is 3.06. The smallest absolute Gasteiger partial charge is 0.202 e. The van der Waals surface area contributed by atoms with Crippen molar-refractivity contribution in [2.75, 3.05) is 5.32 Å². The van der Waals surface area contributed by atoms with Gasteiger partial charge in [-0.3, -0.25) is 0 Å². The van der Waals surface area contributed by atoms with E-state index in [9.17, 15) is 4.39 Å². The number of rotatable bonds is 5. The van der Waals surface area contributed by atoms with Gasteiger partial charge in [-0.15, -0.1) is 0 Å². The maximum absolute atomic E-state index is 13.0. The summed E-state index contributed by atoms with van der Waals surface area (Å²) < 4.78 is 15.1. The van der Waals surface area contributed by atoms with E-state index in [0.717, 1.165) is 24.5 Å². The first-order valence-corrected chi connectivity index (χ1v) is 6.59. The van der Waals surface area contributed by atoms with Crippen LogP contribution in [0.15, 0.2) is 30.6 Å². The number of imidazole rings is 1. The largest absolute Gasteiger partial charge is 0.353 e. The first-order valence-electron chi connectivity index (χ1n) is 6.59. The third kappa shape index (κ3) is 3.56. The van der Waals surface area contributed by atoms with Crippen molar-refractivity contribution in [3.05, 3.63) is 47.5 Å². The molecule has 102 valence electrons. The van der Waals surface area contributed by atoms with E-state index in [0.29, 0.717) is 6.04 Å². The van der Waals surface area contributed by atoms with E-state index in [1.54, 1.807) is 12.3 Å². The molecule has 0 radical (unpaired) electrons. The van der Waals surface area contributed by atoms with Gasteiger partial charge in [0.2, 0.25) is 5.95 Å². The van der Waals surface area contributed by atoms with E-state index >= 15 is 0 Å². The number of anilines is 1. The molecule has 0 amide bonds. The van der Waals surface area contributed by atoms with Gasteiger partial charge >= 0.3 is 0 Å². The summed E-state index contributed by atoms with van der Waals surface area (Å²) in [7, 11) is 0. The summed E-state index contributed by atoms with van der Waals surface area (Å²) in [6.45, 7) is 6.95. The first-order chi connectivity index (χ1) is 9.06. The van der Waals surface area contributed by atoms with Crippen LogP contribution in [0, 0.1) is 12.7 Å². The van der Waals surface area contributed by atoms with Crippen molar-refractivity contribution in [2.24, 2.45) is 0 Å². The van der Waals surface area contributed by atoms with Gasteiger partial charge in [0.05, 0.1) is 0 Å². The zero-order valence-corrected chi connectivity index (χ0v) is 11.7. The van der Waals surface area contributed by atoms with Crippen LogP contribution in [0.5, 0.6) is 0 Å². The zero-order valence-electron chi connectivity index (χ0n) is 11.7. The fourth-order valence-electron chi connectivity index (χ4n) is 2.07. The molecule has 1 N–H and O–H groups in total. The third-order valence-electron chi connectivity index (χ3n) is 3.06. The summed E-state index contributed by atoms with van der Waals surface area (Å²) in [5, 5.41) is 3.31. The van der Waals surface area contributed by atoms with E-state index in [1.807, 2.05) is 19.2 Å². The Bertz CT molecular complexity index is 546. The van der Waals surface area contributed by atoms with E-state index in [-0.39, 0.29) is 5.82 Å². The van der Waals surface area contributed by atoms with Crippen molar-refractivity contribution in [3.8, 4) is 0 Å². The van der Waals surface area contributed by atoms with Crippen molar-refractivity contribution >= 4 is 5.95 Å². The lowest BCUT2D eigenvalue weighted by molar-refractivity contribution is 0.623. The molecule has 0 fully saturated rings. The number of nitrogens with zero attached hydrogens (tertiary/aromatic N) is 2. The molecule has 0 aliphatic rings. The number of nitrogens with one attached hydrogen (secondary N) is 1. The Hall–Kier alpha value is -1.84. The van der Waals surface area contributed by atoms with Gasteiger partial charge in [0.25, 0.3) is 0 Å². The van der Waals surface area contributed by atoms with Crippen LogP contribution in [0.3, 0.4) is 0 Å². The van der Waals surface area contributed by atoms with Crippen LogP contribution in [0.1, 0.15) is 25.0 Å². The number of aromatic nitrogens is 2. The monoisotopic (exact) mass is 261 g/mol. The van der Waals surface area contributed by atoms with Crippen molar-refractivity contribution in [1.82, 2.24) is 9.55 Å². The lowest BCUT2D eigenvalue weighted by Gasteiger charge is -2.13. The second-order valence-corrected chi connectivity index (χ2v) is 5.06. The molecule has 1 aromatic carbocycles. The predicted molar refractivity (Wildman–Crippen MR) is 75.8 cm³/mol. The molecule has 0 unspecified atom stereocenters. The number of benzene rings is 1. The quantitative estimate of drug-likeness (QED) is 0.894. The number of hydrogen-bond donors (Lipinski definition) is 1. The molecular weight excluding hydrogens is 241 g/mol. The van der Waals surface area contributed by atoms with Crippen molar-refractivity contribution in [1.29, 1.82) is 0 Å². The molecule has 0 bridgehead atoms. The standard InChI is InChI=1S/C15H20FN3/c1-11(2)18-15-17-7-9-19(15)8-6-13-4-5-14(16)10-12(13)3/h4-5,7,9-11H,6,8H2,1-3H3,(H,17,18). The molecule has 2 rings (SSSR count). The second-order valence-electron chi connectivity index (χ2n) is 5.06. The maximum Gasteiger partial charge on any atom is 0.202 e. The Morgan fingerprint density at radius 2 is 2.16 bits per heavy atom. The van der Waals surface area contributed by atoms with Gasteiger partial charge in [-0.1, -0.05) is 6.07 Å². The molecule has 4 heteroatoms. The second kappa shape index (κ2) is 5.87. The number of aryl methyl sites for hydroxylation is 3. The minimum absolute atomic E-state index is 0.175. The summed E-state index contributed by atoms with van der Waals surface area (Å²) in [5.41, 5.74) is 2.17. The van der Waals surface area contributed by atoms with Gasteiger partial charge in [0.1, 0.15) is 5.82 Å². The van der Waals surface area contributed by atoms with E-state index in [2.05, 4.69) is 28.7 Å². The SMILES string of the molecule is Cc1cc(F)ccc1CCn1ccnc1NC(C)C. The van der Waals surface area contributed by atoms with Crippen LogP contribution < -0.4 is 5.32 Å². The highest BCUT2D eigenvalue weighted by atomic mass is 19.1. The minimum Gasteiger partial charge on any atom is -0.353 e. The van der Waals surface area contributed by atoms with Gasteiger partial charge in [0.15, 0.2) is 0 Å². The maximum atomic E-state index is 13.0. The average Bonchev–Trinajstić information content (AvgIpc) is 2.74. The average molecular weight is 261 g/mol. The molecule has 0 aliphatic carbocycles. The molecule has 0 saturated carbocycles. The molecule has 3 nitrogen and oxygen atoms in total. The first kappa shape index (κ1) is 13.6. The molecule has 0 aliphatic heterocycles. The molecule has 1 heterocycles. The Balaban J connectivity index is 2.04. The van der Waals surface area contributed by atoms with Crippen LogP contribution in [0.4, 0.5) is 10.3 Å². The molecule has 0 atom stereocenters. The summed E-state index contributed by atoms with van der Waals surface area (Å²) in [4.78, 5) is 4.30. The van der Waals surface area contributed by atoms with E-state index < -0.39 is 0 Å². The molecule has 19 heavy (non-hydrogen) atoms. The Morgan fingerprint density at radius 1 is 1.37 bits per heavy atom. The van der Waals surface area contributed by atoms with Crippen LogP contribution >= 0.6 is 0 Å². The van der Waals surface area contributed by atoms with Crippen LogP contribution in [-0.2, 0) is 13.0 Å². The Kier molecular flexibility index (Phi) is 4.20.